The fraction of sp³-hybridized carbons (Fsp3) is 0.800. The highest BCUT2D eigenvalue weighted by Gasteiger charge is 2.16. The number of carbonyl (C=O) groups excluding carboxylic acids is 2. The van der Waals surface area contributed by atoms with E-state index in [1.807, 2.05) is 0 Å². The second-order valence-electron chi connectivity index (χ2n) is 4.05. The molecule has 0 aliphatic carbocycles. The van der Waals surface area contributed by atoms with Crippen molar-refractivity contribution in [3.63, 3.8) is 0 Å². The molecule has 0 atom stereocenters. The highest BCUT2D eigenvalue weighted by molar-refractivity contribution is 5.75. The first-order valence-corrected chi connectivity index (χ1v) is 5.59. The summed E-state index contributed by atoms with van der Waals surface area (Å²) in [7, 11) is 3.36. The minimum absolute atomic E-state index is 0.0309. The van der Waals surface area contributed by atoms with Crippen molar-refractivity contribution in [1.29, 1.82) is 0 Å². The Morgan fingerprint density at radius 3 is 2.25 bits per heavy atom. The summed E-state index contributed by atoms with van der Waals surface area (Å²) >= 11 is 0. The van der Waals surface area contributed by atoms with Crippen molar-refractivity contribution >= 4 is 12.1 Å². The normalized spacial score (nSPS) is 14.8. The van der Waals surface area contributed by atoms with E-state index in [1.165, 1.54) is 4.90 Å². The van der Waals surface area contributed by atoms with Crippen LogP contribution in [0.2, 0.25) is 0 Å². The lowest BCUT2D eigenvalue weighted by molar-refractivity contribution is 0.207. The van der Waals surface area contributed by atoms with E-state index in [0.29, 0.717) is 13.1 Å². The van der Waals surface area contributed by atoms with Crippen LogP contribution in [0.5, 0.6) is 0 Å². The van der Waals surface area contributed by atoms with Crippen LogP contribution in [-0.2, 0) is 0 Å². The quantitative estimate of drug-likeness (QED) is 0.671. The topological polar surface area (TPSA) is 64.7 Å². The zero-order valence-electron chi connectivity index (χ0n) is 9.95. The lowest BCUT2D eigenvalue weighted by Gasteiger charge is -2.17. The molecule has 0 saturated carbocycles. The fourth-order valence-corrected chi connectivity index (χ4v) is 1.53. The summed E-state index contributed by atoms with van der Waals surface area (Å²) in [5.74, 6) is 0. The van der Waals surface area contributed by atoms with Crippen LogP contribution < -0.4 is 10.6 Å². The number of urea groups is 2. The van der Waals surface area contributed by atoms with E-state index in [2.05, 4.69) is 10.6 Å². The monoisotopic (exact) mass is 228 g/mol. The smallest absolute Gasteiger partial charge is 0.317 e. The maximum absolute atomic E-state index is 11.5. The van der Waals surface area contributed by atoms with Gasteiger partial charge in [0.25, 0.3) is 0 Å². The van der Waals surface area contributed by atoms with Crippen LogP contribution >= 0.6 is 0 Å². The summed E-state index contributed by atoms with van der Waals surface area (Å²) in [4.78, 5) is 25.9. The Kier molecular flexibility index (Phi) is 4.88. The van der Waals surface area contributed by atoms with E-state index in [1.54, 1.807) is 19.0 Å². The predicted molar refractivity (Wildman–Crippen MR) is 61.3 cm³/mol. The van der Waals surface area contributed by atoms with E-state index >= 15 is 0 Å². The highest BCUT2D eigenvalue weighted by atomic mass is 16.2. The van der Waals surface area contributed by atoms with Gasteiger partial charge in [0, 0.05) is 40.3 Å². The van der Waals surface area contributed by atoms with Crippen molar-refractivity contribution in [3.8, 4) is 0 Å². The molecule has 1 rings (SSSR count). The van der Waals surface area contributed by atoms with Crippen LogP contribution in [0.25, 0.3) is 0 Å². The molecule has 0 aromatic rings. The number of nitrogens with zero attached hydrogens (tertiary/aromatic N) is 2. The van der Waals surface area contributed by atoms with Crippen molar-refractivity contribution in [2.24, 2.45) is 0 Å². The van der Waals surface area contributed by atoms with Gasteiger partial charge in [-0.15, -0.1) is 0 Å². The third kappa shape index (κ3) is 3.96. The van der Waals surface area contributed by atoms with Crippen LogP contribution in [-0.4, -0.2) is 62.1 Å². The number of hydrogen-bond acceptors (Lipinski definition) is 2. The molecule has 2 N–H and O–H groups in total. The molecular formula is C10H20N4O2. The molecule has 6 heteroatoms. The second-order valence-corrected chi connectivity index (χ2v) is 4.05. The number of amides is 4. The largest absolute Gasteiger partial charge is 0.336 e. The Morgan fingerprint density at radius 1 is 1.12 bits per heavy atom. The van der Waals surface area contributed by atoms with Gasteiger partial charge in [-0.05, 0) is 12.8 Å². The summed E-state index contributed by atoms with van der Waals surface area (Å²) in [6.07, 6.45) is 2.18. The molecule has 0 spiro atoms. The van der Waals surface area contributed by atoms with Crippen LogP contribution in [0.1, 0.15) is 12.8 Å². The zero-order valence-corrected chi connectivity index (χ0v) is 9.95. The van der Waals surface area contributed by atoms with Crippen molar-refractivity contribution in [2.45, 2.75) is 12.8 Å². The average molecular weight is 228 g/mol. The minimum atomic E-state index is -0.143. The summed E-state index contributed by atoms with van der Waals surface area (Å²) in [6.45, 7) is 2.61. The van der Waals surface area contributed by atoms with Gasteiger partial charge in [-0.1, -0.05) is 0 Å². The van der Waals surface area contributed by atoms with Crippen LogP contribution in [0.3, 0.4) is 0 Å². The molecule has 0 unspecified atom stereocenters. The molecule has 0 bridgehead atoms. The van der Waals surface area contributed by atoms with Gasteiger partial charge >= 0.3 is 12.1 Å². The Balaban J connectivity index is 2.06. The lowest BCUT2D eigenvalue weighted by atomic mass is 10.4. The molecule has 1 saturated heterocycles. The Labute approximate surface area is 96.0 Å². The molecule has 1 aliphatic rings. The molecule has 1 heterocycles. The van der Waals surface area contributed by atoms with E-state index in [-0.39, 0.29) is 12.1 Å². The molecule has 4 amide bonds. The lowest BCUT2D eigenvalue weighted by Crippen LogP contribution is -2.43. The number of likely N-dealkylation sites (tertiary alicyclic amines) is 1. The molecule has 1 aliphatic heterocycles. The Bertz CT molecular complexity index is 249. The highest BCUT2D eigenvalue weighted by Crippen LogP contribution is 2.06. The van der Waals surface area contributed by atoms with Gasteiger partial charge < -0.3 is 20.4 Å². The molecule has 16 heavy (non-hydrogen) atoms. The summed E-state index contributed by atoms with van der Waals surface area (Å²) in [5.41, 5.74) is 0. The van der Waals surface area contributed by atoms with Crippen molar-refractivity contribution < 1.29 is 9.59 Å². The van der Waals surface area contributed by atoms with E-state index in [4.69, 9.17) is 0 Å². The molecule has 0 aromatic heterocycles. The van der Waals surface area contributed by atoms with Gasteiger partial charge in [0.1, 0.15) is 0 Å². The first kappa shape index (κ1) is 12.6. The standard InChI is InChI=1S/C10H20N4O2/c1-13(2)9(15)11-5-6-12-10(16)14-7-3-4-8-14/h3-8H2,1-2H3,(H,11,15)(H,12,16). The molecule has 0 aromatic carbocycles. The fourth-order valence-electron chi connectivity index (χ4n) is 1.53. The Morgan fingerprint density at radius 2 is 1.69 bits per heavy atom. The summed E-state index contributed by atoms with van der Waals surface area (Å²) in [6, 6.07) is -0.174. The predicted octanol–water partition coefficient (Wildman–Crippen LogP) is 0.0630. The van der Waals surface area contributed by atoms with Gasteiger partial charge in [-0.3, -0.25) is 0 Å². The van der Waals surface area contributed by atoms with Gasteiger partial charge in [-0.2, -0.15) is 0 Å². The van der Waals surface area contributed by atoms with Gasteiger partial charge in [0.2, 0.25) is 0 Å². The van der Waals surface area contributed by atoms with Crippen molar-refractivity contribution in [3.05, 3.63) is 0 Å². The van der Waals surface area contributed by atoms with Crippen molar-refractivity contribution in [2.75, 3.05) is 40.3 Å². The first-order valence-electron chi connectivity index (χ1n) is 5.59. The molecule has 6 nitrogen and oxygen atoms in total. The number of carbonyl (C=O) groups is 2. The van der Waals surface area contributed by atoms with E-state index in [0.717, 1.165) is 25.9 Å². The maximum atomic E-state index is 11.5. The van der Waals surface area contributed by atoms with Gasteiger partial charge in [-0.25, -0.2) is 9.59 Å². The maximum Gasteiger partial charge on any atom is 0.317 e. The molecule has 92 valence electrons. The van der Waals surface area contributed by atoms with Crippen molar-refractivity contribution in [1.82, 2.24) is 20.4 Å². The summed E-state index contributed by atoms with van der Waals surface area (Å²) < 4.78 is 0. The average Bonchev–Trinajstić information content (AvgIpc) is 2.76. The third-order valence-corrected chi connectivity index (χ3v) is 2.48. The minimum Gasteiger partial charge on any atom is -0.336 e. The van der Waals surface area contributed by atoms with Crippen LogP contribution in [0, 0.1) is 0 Å². The molecule has 0 radical (unpaired) electrons. The SMILES string of the molecule is CN(C)C(=O)NCCNC(=O)N1CCCC1. The van der Waals surface area contributed by atoms with Gasteiger partial charge in [0.05, 0.1) is 0 Å². The molecular weight excluding hydrogens is 208 g/mol. The Hall–Kier alpha value is -1.46. The molecule has 1 fully saturated rings. The van der Waals surface area contributed by atoms with Crippen LogP contribution in [0.15, 0.2) is 0 Å². The third-order valence-electron chi connectivity index (χ3n) is 2.48. The number of rotatable bonds is 3. The van der Waals surface area contributed by atoms with Gasteiger partial charge in [0.15, 0.2) is 0 Å². The first-order chi connectivity index (χ1) is 7.61. The summed E-state index contributed by atoms with van der Waals surface area (Å²) in [5, 5.41) is 5.45. The zero-order chi connectivity index (χ0) is 12.0. The number of hydrogen-bond donors (Lipinski definition) is 2. The van der Waals surface area contributed by atoms with E-state index in [9.17, 15) is 9.59 Å². The van der Waals surface area contributed by atoms with E-state index < -0.39 is 0 Å². The van der Waals surface area contributed by atoms with Crippen LogP contribution in [0.4, 0.5) is 9.59 Å². The number of nitrogens with one attached hydrogen (secondary N) is 2. The second kappa shape index (κ2) is 6.19.